The number of carbonyl (C=O) groups excluding carboxylic acids is 1. The highest BCUT2D eigenvalue weighted by atomic mass is 35.5. The molecule has 26 heavy (non-hydrogen) atoms. The quantitative estimate of drug-likeness (QED) is 0.637. The van der Waals surface area contributed by atoms with Crippen molar-refractivity contribution in [2.24, 2.45) is 0 Å². The number of hydrogen-bond acceptors (Lipinski definition) is 3. The number of rotatable bonds is 7. The van der Waals surface area contributed by atoms with E-state index in [2.05, 4.69) is 5.10 Å². The fourth-order valence-corrected chi connectivity index (χ4v) is 2.61. The molecule has 0 bridgehead atoms. The summed E-state index contributed by atoms with van der Waals surface area (Å²) in [5, 5.41) is 4.85. The first-order valence-electron chi connectivity index (χ1n) is 8.32. The summed E-state index contributed by atoms with van der Waals surface area (Å²) in [4.78, 5) is 14.1. The summed E-state index contributed by atoms with van der Waals surface area (Å²) in [6, 6.07) is 16.6. The average molecular weight is 370 g/mol. The van der Waals surface area contributed by atoms with Gasteiger partial charge in [0.05, 0.1) is 13.1 Å². The van der Waals surface area contributed by atoms with Crippen molar-refractivity contribution in [3.05, 3.63) is 83.1 Å². The Morgan fingerprint density at radius 2 is 1.88 bits per heavy atom. The maximum Gasteiger partial charge on any atom is 0.253 e. The third-order valence-electron chi connectivity index (χ3n) is 3.96. The Morgan fingerprint density at radius 3 is 2.54 bits per heavy atom. The Kier molecular flexibility index (Phi) is 5.92. The van der Waals surface area contributed by atoms with Gasteiger partial charge in [-0.2, -0.15) is 5.10 Å². The molecule has 0 fully saturated rings. The van der Waals surface area contributed by atoms with E-state index in [4.69, 9.17) is 16.3 Å². The molecule has 1 amide bonds. The van der Waals surface area contributed by atoms with Gasteiger partial charge in [0.15, 0.2) is 0 Å². The van der Waals surface area contributed by atoms with Gasteiger partial charge in [0.2, 0.25) is 0 Å². The standard InChI is InChI=1S/C20H20ClN3O2/c1-23(13-14-26-19-9-7-18(21)8-10-19)20(25)17-5-3-16(4-6-17)15-24-12-2-11-22-24/h2-12H,13-15H2,1H3. The van der Waals surface area contributed by atoms with Crippen LogP contribution in [0.15, 0.2) is 67.0 Å². The molecule has 0 aliphatic carbocycles. The molecule has 3 aromatic rings. The van der Waals surface area contributed by atoms with Crippen LogP contribution in [0.2, 0.25) is 5.02 Å². The third-order valence-corrected chi connectivity index (χ3v) is 4.21. The Labute approximate surface area is 157 Å². The number of nitrogens with zero attached hydrogens (tertiary/aromatic N) is 3. The second-order valence-electron chi connectivity index (χ2n) is 5.93. The van der Waals surface area contributed by atoms with Crippen molar-refractivity contribution in [3.8, 4) is 5.75 Å². The lowest BCUT2D eigenvalue weighted by Crippen LogP contribution is -2.30. The van der Waals surface area contributed by atoms with Crippen molar-refractivity contribution >= 4 is 17.5 Å². The normalized spacial score (nSPS) is 10.5. The van der Waals surface area contributed by atoms with Gasteiger partial charge in [-0.05, 0) is 48.0 Å². The van der Waals surface area contributed by atoms with Gasteiger partial charge in [-0.15, -0.1) is 0 Å². The Hall–Kier alpha value is -2.79. The van der Waals surface area contributed by atoms with Crippen LogP contribution in [0, 0.1) is 0 Å². The summed E-state index contributed by atoms with van der Waals surface area (Å²) in [7, 11) is 1.77. The molecular weight excluding hydrogens is 350 g/mol. The van der Waals surface area contributed by atoms with Crippen LogP contribution in [0.1, 0.15) is 15.9 Å². The van der Waals surface area contributed by atoms with Crippen LogP contribution in [-0.2, 0) is 6.54 Å². The molecule has 2 aromatic carbocycles. The maximum absolute atomic E-state index is 12.5. The van der Waals surface area contributed by atoms with Crippen LogP contribution in [0.4, 0.5) is 0 Å². The van der Waals surface area contributed by atoms with E-state index < -0.39 is 0 Å². The zero-order valence-electron chi connectivity index (χ0n) is 14.5. The molecule has 0 saturated carbocycles. The van der Waals surface area contributed by atoms with Gasteiger partial charge < -0.3 is 9.64 Å². The smallest absolute Gasteiger partial charge is 0.253 e. The van der Waals surface area contributed by atoms with E-state index in [1.165, 1.54) is 0 Å². The lowest BCUT2D eigenvalue weighted by Gasteiger charge is -2.18. The number of hydrogen-bond donors (Lipinski definition) is 0. The zero-order chi connectivity index (χ0) is 18.4. The van der Waals surface area contributed by atoms with E-state index in [1.54, 1.807) is 30.3 Å². The number of halogens is 1. The first kappa shape index (κ1) is 18.0. The van der Waals surface area contributed by atoms with Gasteiger partial charge in [-0.3, -0.25) is 9.48 Å². The highest BCUT2D eigenvalue weighted by molar-refractivity contribution is 6.30. The van der Waals surface area contributed by atoms with Crippen LogP contribution in [0.3, 0.4) is 0 Å². The van der Waals surface area contributed by atoms with Crippen molar-refractivity contribution in [3.63, 3.8) is 0 Å². The van der Waals surface area contributed by atoms with Gasteiger partial charge >= 0.3 is 0 Å². The number of ether oxygens (including phenoxy) is 1. The average Bonchev–Trinajstić information content (AvgIpc) is 3.16. The Bertz CT molecular complexity index is 831. The molecule has 0 aliphatic rings. The Balaban J connectivity index is 1.50. The predicted molar refractivity (Wildman–Crippen MR) is 102 cm³/mol. The molecule has 0 aliphatic heterocycles. The van der Waals surface area contributed by atoms with Crippen LogP contribution in [0.5, 0.6) is 5.75 Å². The van der Waals surface area contributed by atoms with Crippen molar-refractivity contribution in [2.75, 3.05) is 20.2 Å². The predicted octanol–water partition coefficient (Wildman–Crippen LogP) is 3.74. The fraction of sp³-hybridized carbons (Fsp3) is 0.200. The summed E-state index contributed by atoms with van der Waals surface area (Å²) in [5.41, 5.74) is 1.75. The van der Waals surface area contributed by atoms with Gasteiger partial charge in [0, 0.05) is 30.0 Å². The summed E-state index contributed by atoms with van der Waals surface area (Å²) in [6.07, 6.45) is 3.66. The summed E-state index contributed by atoms with van der Waals surface area (Å²) in [6.45, 7) is 1.60. The van der Waals surface area contributed by atoms with E-state index in [0.29, 0.717) is 30.3 Å². The zero-order valence-corrected chi connectivity index (χ0v) is 15.3. The largest absolute Gasteiger partial charge is 0.492 e. The molecular formula is C20H20ClN3O2. The second kappa shape index (κ2) is 8.54. The fourth-order valence-electron chi connectivity index (χ4n) is 2.49. The molecule has 0 N–H and O–H groups in total. The minimum atomic E-state index is -0.0321. The third kappa shape index (κ3) is 4.86. The van der Waals surface area contributed by atoms with Gasteiger partial charge in [0.1, 0.15) is 12.4 Å². The lowest BCUT2D eigenvalue weighted by molar-refractivity contribution is 0.0774. The number of carbonyl (C=O) groups is 1. The molecule has 3 rings (SSSR count). The Morgan fingerprint density at radius 1 is 1.15 bits per heavy atom. The number of likely N-dealkylation sites (N-methyl/N-ethyl adjacent to an activating group) is 1. The molecule has 1 heterocycles. The molecule has 134 valence electrons. The molecule has 0 radical (unpaired) electrons. The molecule has 0 unspecified atom stereocenters. The van der Waals surface area contributed by atoms with Gasteiger partial charge in [-0.1, -0.05) is 23.7 Å². The highest BCUT2D eigenvalue weighted by Crippen LogP contribution is 2.15. The summed E-state index contributed by atoms with van der Waals surface area (Å²) < 4.78 is 7.48. The van der Waals surface area contributed by atoms with Gasteiger partial charge in [0.25, 0.3) is 5.91 Å². The molecule has 0 saturated heterocycles. The van der Waals surface area contributed by atoms with E-state index in [0.717, 1.165) is 11.3 Å². The van der Waals surface area contributed by atoms with Crippen molar-refractivity contribution < 1.29 is 9.53 Å². The van der Waals surface area contributed by atoms with E-state index >= 15 is 0 Å². The summed E-state index contributed by atoms with van der Waals surface area (Å²) >= 11 is 5.84. The molecule has 0 spiro atoms. The first-order valence-corrected chi connectivity index (χ1v) is 8.70. The second-order valence-corrected chi connectivity index (χ2v) is 6.37. The van der Waals surface area contributed by atoms with E-state index in [-0.39, 0.29) is 5.91 Å². The molecule has 0 atom stereocenters. The topological polar surface area (TPSA) is 47.4 Å². The van der Waals surface area contributed by atoms with Crippen LogP contribution in [-0.4, -0.2) is 40.8 Å². The number of benzene rings is 2. The monoisotopic (exact) mass is 369 g/mol. The maximum atomic E-state index is 12.5. The lowest BCUT2D eigenvalue weighted by atomic mass is 10.1. The first-order chi connectivity index (χ1) is 12.6. The van der Waals surface area contributed by atoms with Crippen molar-refractivity contribution in [2.45, 2.75) is 6.54 Å². The highest BCUT2D eigenvalue weighted by Gasteiger charge is 2.11. The number of aromatic nitrogens is 2. The van der Waals surface area contributed by atoms with Crippen LogP contribution in [0.25, 0.3) is 0 Å². The van der Waals surface area contributed by atoms with Gasteiger partial charge in [-0.25, -0.2) is 0 Å². The minimum absolute atomic E-state index is 0.0321. The van der Waals surface area contributed by atoms with Crippen molar-refractivity contribution in [1.82, 2.24) is 14.7 Å². The van der Waals surface area contributed by atoms with Crippen LogP contribution < -0.4 is 4.74 Å². The molecule has 6 heteroatoms. The molecule has 5 nitrogen and oxygen atoms in total. The summed E-state index contributed by atoms with van der Waals surface area (Å²) in [5.74, 6) is 0.702. The SMILES string of the molecule is CN(CCOc1ccc(Cl)cc1)C(=O)c1ccc(Cn2cccn2)cc1. The number of amides is 1. The van der Waals surface area contributed by atoms with Crippen LogP contribution >= 0.6 is 11.6 Å². The van der Waals surface area contributed by atoms with E-state index in [1.807, 2.05) is 53.3 Å². The molecule has 1 aromatic heterocycles. The minimum Gasteiger partial charge on any atom is -0.492 e. The van der Waals surface area contributed by atoms with E-state index in [9.17, 15) is 4.79 Å². The van der Waals surface area contributed by atoms with Crippen molar-refractivity contribution in [1.29, 1.82) is 0 Å².